The third kappa shape index (κ3) is 2.19. The lowest BCUT2D eigenvalue weighted by Crippen LogP contribution is -2.42. The molecule has 0 spiro atoms. The minimum atomic E-state index is -0.479. The van der Waals surface area contributed by atoms with Crippen molar-refractivity contribution in [1.29, 1.82) is 0 Å². The zero-order chi connectivity index (χ0) is 13.4. The Balaban J connectivity index is 1.98. The van der Waals surface area contributed by atoms with Crippen molar-refractivity contribution in [1.82, 2.24) is 10.3 Å². The van der Waals surface area contributed by atoms with Gasteiger partial charge in [0.25, 0.3) is 0 Å². The SMILES string of the molecule is CC1NC(=O)CCN(c2ccc3ncsc3c2)C1=O. The van der Waals surface area contributed by atoms with Gasteiger partial charge in [0.05, 0.1) is 15.7 Å². The summed E-state index contributed by atoms with van der Waals surface area (Å²) in [6.45, 7) is 2.13. The molecule has 19 heavy (non-hydrogen) atoms. The van der Waals surface area contributed by atoms with Crippen molar-refractivity contribution in [3.63, 3.8) is 0 Å². The highest BCUT2D eigenvalue weighted by atomic mass is 32.1. The van der Waals surface area contributed by atoms with Gasteiger partial charge in [0.15, 0.2) is 0 Å². The molecule has 3 rings (SSSR count). The molecule has 1 aliphatic rings. The first-order valence-electron chi connectivity index (χ1n) is 6.09. The van der Waals surface area contributed by atoms with Crippen LogP contribution in [-0.4, -0.2) is 29.4 Å². The van der Waals surface area contributed by atoms with Crippen LogP contribution < -0.4 is 10.2 Å². The van der Waals surface area contributed by atoms with Crippen molar-refractivity contribution in [2.24, 2.45) is 0 Å². The van der Waals surface area contributed by atoms with E-state index < -0.39 is 6.04 Å². The molecule has 0 saturated carbocycles. The molecule has 1 fully saturated rings. The fourth-order valence-electron chi connectivity index (χ4n) is 2.20. The van der Waals surface area contributed by atoms with Gasteiger partial charge in [-0.3, -0.25) is 9.59 Å². The van der Waals surface area contributed by atoms with Gasteiger partial charge in [0.2, 0.25) is 11.8 Å². The van der Waals surface area contributed by atoms with Gasteiger partial charge in [-0.15, -0.1) is 11.3 Å². The van der Waals surface area contributed by atoms with E-state index in [0.29, 0.717) is 13.0 Å². The van der Waals surface area contributed by atoms with E-state index in [1.54, 1.807) is 28.7 Å². The van der Waals surface area contributed by atoms with Gasteiger partial charge in [-0.05, 0) is 25.1 Å². The summed E-state index contributed by atoms with van der Waals surface area (Å²) in [6.07, 6.45) is 0.330. The molecule has 5 nitrogen and oxygen atoms in total. The molecule has 1 unspecified atom stereocenters. The Hall–Kier alpha value is -1.95. The van der Waals surface area contributed by atoms with E-state index in [1.807, 2.05) is 18.2 Å². The van der Waals surface area contributed by atoms with Gasteiger partial charge in [0.1, 0.15) is 6.04 Å². The van der Waals surface area contributed by atoms with Gasteiger partial charge in [-0.25, -0.2) is 4.98 Å². The predicted octanol–water partition coefficient (Wildman–Crippen LogP) is 1.54. The molecule has 6 heteroatoms. The Morgan fingerprint density at radius 2 is 2.26 bits per heavy atom. The highest BCUT2D eigenvalue weighted by Gasteiger charge is 2.27. The van der Waals surface area contributed by atoms with E-state index in [2.05, 4.69) is 10.3 Å². The van der Waals surface area contributed by atoms with Crippen LogP contribution in [0.4, 0.5) is 5.69 Å². The molecule has 0 radical (unpaired) electrons. The predicted molar refractivity (Wildman–Crippen MR) is 74.2 cm³/mol. The number of rotatable bonds is 1. The highest BCUT2D eigenvalue weighted by Crippen LogP contribution is 2.25. The molecule has 0 aliphatic carbocycles. The number of thiazole rings is 1. The highest BCUT2D eigenvalue weighted by molar-refractivity contribution is 7.16. The zero-order valence-corrected chi connectivity index (χ0v) is 11.2. The summed E-state index contributed by atoms with van der Waals surface area (Å²) >= 11 is 1.54. The lowest BCUT2D eigenvalue weighted by molar-refractivity contribution is -0.125. The van der Waals surface area contributed by atoms with Crippen LogP contribution in [0.1, 0.15) is 13.3 Å². The Bertz CT molecular complexity index is 652. The average Bonchev–Trinajstić information content (AvgIpc) is 2.81. The minimum Gasteiger partial charge on any atom is -0.345 e. The second-order valence-electron chi connectivity index (χ2n) is 4.53. The van der Waals surface area contributed by atoms with E-state index >= 15 is 0 Å². The number of hydrogen-bond acceptors (Lipinski definition) is 4. The summed E-state index contributed by atoms with van der Waals surface area (Å²) in [5.41, 5.74) is 3.54. The first-order valence-corrected chi connectivity index (χ1v) is 6.97. The van der Waals surface area contributed by atoms with E-state index in [0.717, 1.165) is 15.9 Å². The van der Waals surface area contributed by atoms with Gasteiger partial charge in [0, 0.05) is 18.7 Å². The van der Waals surface area contributed by atoms with Crippen molar-refractivity contribution in [2.75, 3.05) is 11.4 Å². The summed E-state index contributed by atoms with van der Waals surface area (Å²) in [6, 6.07) is 5.25. The molecule has 1 aromatic heterocycles. The largest absolute Gasteiger partial charge is 0.345 e. The smallest absolute Gasteiger partial charge is 0.249 e. The number of amides is 2. The van der Waals surface area contributed by atoms with Gasteiger partial charge in [-0.1, -0.05) is 0 Å². The monoisotopic (exact) mass is 275 g/mol. The molecule has 1 aliphatic heterocycles. The van der Waals surface area contributed by atoms with Gasteiger partial charge < -0.3 is 10.2 Å². The third-order valence-electron chi connectivity index (χ3n) is 3.20. The number of hydrogen-bond donors (Lipinski definition) is 1. The number of fused-ring (bicyclic) bond motifs is 1. The molecule has 98 valence electrons. The Morgan fingerprint density at radius 3 is 3.11 bits per heavy atom. The number of nitrogens with one attached hydrogen (secondary N) is 1. The quantitative estimate of drug-likeness (QED) is 0.858. The maximum atomic E-state index is 12.3. The molecular formula is C13H13N3O2S. The Morgan fingerprint density at radius 1 is 1.42 bits per heavy atom. The molecule has 1 saturated heterocycles. The van der Waals surface area contributed by atoms with Crippen molar-refractivity contribution >= 4 is 39.1 Å². The molecule has 0 bridgehead atoms. The lowest BCUT2D eigenvalue weighted by atomic mass is 10.2. The number of aromatic nitrogens is 1. The molecule has 2 amide bonds. The fraction of sp³-hybridized carbons (Fsp3) is 0.308. The number of carbonyl (C=O) groups is 2. The van der Waals surface area contributed by atoms with Crippen LogP contribution in [0, 0.1) is 0 Å². The molecule has 2 aromatic rings. The van der Waals surface area contributed by atoms with Crippen LogP contribution in [0.5, 0.6) is 0 Å². The topological polar surface area (TPSA) is 62.3 Å². The number of benzene rings is 1. The maximum absolute atomic E-state index is 12.3. The van der Waals surface area contributed by atoms with Gasteiger partial charge in [-0.2, -0.15) is 0 Å². The zero-order valence-electron chi connectivity index (χ0n) is 10.4. The van der Waals surface area contributed by atoms with Gasteiger partial charge >= 0.3 is 0 Å². The van der Waals surface area contributed by atoms with E-state index in [4.69, 9.17) is 0 Å². The average molecular weight is 275 g/mol. The second kappa shape index (κ2) is 4.62. The van der Waals surface area contributed by atoms with Crippen molar-refractivity contribution in [2.45, 2.75) is 19.4 Å². The maximum Gasteiger partial charge on any atom is 0.249 e. The van der Waals surface area contributed by atoms with E-state index in [-0.39, 0.29) is 11.8 Å². The van der Waals surface area contributed by atoms with Crippen LogP contribution in [0.25, 0.3) is 10.2 Å². The molecule has 1 N–H and O–H groups in total. The van der Waals surface area contributed by atoms with Crippen LogP contribution in [0.3, 0.4) is 0 Å². The molecular weight excluding hydrogens is 262 g/mol. The van der Waals surface area contributed by atoms with Crippen molar-refractivity contribution < 1.29 is 9.59 Å². The molecule has 1 atom stereocenters. The summed E-state index contributed by atoms with van der Waals surface area (Å²) < 4.78 is 1.04. The van der Waals surface area contributed by atoms with Crippen LogP contribution in [0.2, 0.25) is 0 Å². The standard InChI is InChI=1S/C13H13N3O2S/c1-8-13(18)16(5-4-12(17)15-8)9-2-3-10-11(6-9)19-7-14-10/h2-3,6-8H,4-5H2,1H3,(H,15,17). The fourth-order valence-corrected chi connectivity index (χ4v) is 2.91. The lowest BCUT2D eigenvalue weighted by Gasteiger charge is -2.22. The van der Waals surface area contributed by atoms with Crippen LogP contribution in [0.15, 0.2) is 23.7 Å². The van der Waals surface area contributed by atoms with E-state index in [1.165, 1.54) is 0 Å². The van der Waals surface area contributed by atoms with Crippen LogP contribution in [-0.2, 0) is 9.59 Å². The molecule has 2 heterocycles. The summed E-state index contributed by atoms with van der Waals surface area (Å²) in [5.74, 6) is -0.156. The summed E-state index contributed by atoms with van der Waals surface area (Å²) in [4.78, 5) is 29.6. The van der Waals surface area contributed by atoms with E-state index in [9.17, 15) is 9.59 Å². The summed E-state index contributed by atoms with van der Waals surface area (Å²) in [5, 5.41) is 2.68. The molecule has 1 aromatic carbocycles. The van der Waals surface area contributed by atoms with Crippen molar-refractivity contribution in [3.05, 3.63) is 23.7 Å². The minimum absolute atomic E-state index is 0.0743. The number of nitrogens with zero attached hydrogens (tertiary/aromatic N) is 2. The second-order valence-corrected chi connectivity index (χ2v) is 5.42. The normalized spacial score (nSPS) is 20.5. The number of anilines is 1. The summed E-state index contributed by atoms with van der Waals surface area (Å²) in [7, 11) is 0. The first-order chi connectivity index (χ1) is 9.15. The Labute approximate surface area is 114 Å². The van der Waals surface area contributed by atoms with Crippen molar-refractivity contribution in [3.8, 4) is 0 Å². The number of carbonyl (C=O) groups excluding carboxylic acids is 2. The Kier molecular flexibility index (Phi) is 2.94. The third-order valence-corrected chi connectivity index (χ3v) is 3.99. The first kappa shape index (κ1) is 12.1. The van der Waals surface area contributed by atoms with Crippen LogP contribution >= 0.6 is 11.3 Å².